The van der Waals surface area contributed by atoms with Crippen LogP contribution in [-0.4, -0.2) is 61.1 Å². The number of ether oxygens (including phenoxy) is 2. The Labute approximate surface area is 795 Å². The summed E-state index contributed by atoms with van der Waals surface area (Å²) >= 11 is 0. The van der Waals surface area contributed by atoms with E-state index in [9.17, 15) is 44.2 Å². The molecule has 0 aromatic carbocycles. The summed E-state index contributed by atoms with van der Waals surface area (Å²) in [7, 11) is 0. The van der Waals surface area contributed by atoms with E-state index in [-0.39, 0.29) is 0 Å². The first-order valence-corrected chi connectivity index (χ1v) is 34.8. The van der Waals surface area contributed by atoms with Gasteiger partial charge >= 0.3 is 11.9 Å². The first kappa shape index (κ1) is 24.4. The zero-order valence-corrected chi connectivity index (χ0v) is 58.5. The van der Waals surface area contributed by atoms with Gasteiger partial charge in [0.2, 0.25) is 0 Å². The van der Waals surface area contributed by atoms with Gasteiger partial charge in [-0.2, -0.15) is 0 Å². The lowest BCUT2D eigenvalue weighted by atomic mass is 9.46. The molecule has 0 spiro atoms. The Morgan fingerprint density at radius 1 is 0.441 bits per heavy atom. The number of rotatable bonds is 6. The van der Waals surface area contributed by atoms with Crippen molar-refractivity contribution in [3.8, 4) is 0 Å². The third kappa shape index (κ3) is 13.1. The van der Waals surface area contributed by atoms with Crippen LogP contribution in [0.3, 0.4) is 0 Å². The molecule has 23 atom stereocenters. The average Bonchev–Trinajstić information content (AvgIpc) is 1.48. The Morgan fingerprint density at radius 2 is 0.901 bits per heavy atom. The van der Waals surface area contributed by atoms with Crippen LogP contribution >= 0.6 is 0 Å². The molecule has 4 aromatic rings. The molecule has 0 bridgehead atoms. The molecule has 0 aliphatic heterocycles. The van der Waals surface area contributed by atoms with Crippen molar-refractivity contribution < 1.29 is 156 Å². The number of hydrogen-bond donors (Lipinski definition) is 1. The molecule has 0 amide bonds. The van der Waals surface area contributed by atoms with Gasteiger partial charge in [0.15, 0.2) is 5.78 Å². The SMILES string of the molecule is [2H]C1=C2C([2H])([2H])C([2H])([2H])C3C(CC([2H])([2H])[C@]4(C([2H])([2H])[2H])C(c5c([2H])nc([2H])c([2H])c5[2H])=C([2H])C([2H])([2H])C34)[C@@]2(C([2H])([2H])[2H])C([2H])([2H])C([2H])([2H])C1=O.[2H]C1=C2C([2H])([2H])[C@@H](O)C([2H])([2H])C([2H])([2H])[C@]2(C([2H])([2H])[2H])C2CC([2H])([2H])[C@]3(C([2H])([2H])[2H])C(c4c([2H])nc([2H])c([2H])c4[2H])=C([2H])C([2H])([2H])C3C2C1([2H])[2H].[2H]C1=C2C([2H])([2H])[C@@H](OC(C)=O)C([2H])([2H])C([2H])([2H])[C@]2(C([2H])([2H])[2H])C2C(C1)C1CC([2H])=C(c3c([2H])nc([2H])c([2H])c3[2H])[C@@]1(C([2H])([2H])[2H])C([2H])([2H])C2([2H])[2H].[2H]C1=C2C([2H])([2H])[C@@H](OC(C)=O)C([2H])([2H])C([2H])([2H])[C@]2(C([2H])([2H])[2H])C2CC([2H])([2H])[C@]3(C([2H])([2H])[2H])C(c4c(C)nc([2H])c([2H])c4[2H])=C([2H])C([2H])([2H])C3C2C1([2H])[2H]. The predicted molar refractivity (Wildman–Crippen MR) is 444 cm³/mol. The zero-order chi connectivity index (χ0) is 158. The summed E-state index contributed by atoms with van der Waals surface area (Å²) in [5, 5.41) is 10.9. The molecule has 4 aromatic heterocycles. The number of fused-ring (bicyclic) bond motifs is 20. The van der Waals surface area contributed by atoms with Crippen molar-refractivity contribution in [2.75, 3.05) is 0 Å². The smallest absolute Gasteiger partial charge is 0.302 e. The molecule has 4 heterocycles. The molecule has 10 nitrogen and oxygen atoms in total. The van der Waals surface area contributed by atoms with E-state index in [1.54, 1.807) is 0 Å². The summed E-state index contributed by atoms with van der Waals surface area (Å²) in [5.41, 5.74) is -43.6. The molecule has 10 heteroatoms. The Hall–Kier alpha value is -6.91. The summed E-state index contributed by atoms with van der Waals surface area (Å²) in [6.07, 6.45) is -109. The van der Waals surface area contributed by atoms with Crippen molar-refractivity contribution in [3.05, 3.63) is 190 Å². The molecule has 111 heavy (non-hydrogen) atoms. The first-order valence-electron chi connectivity index (χ1n) is 81.3. The number of aryl methyl sites for hydroxylation is 1. The quantitative estimate of drug-likeness (QED) is 0.146. The van der Waals surface area contributed by atoms with Gasteiger partial charge in [-0.05, 0) is 356 Å². The van der Waals surface area contributed by atoms with E-state index in [0.717, 1.165) is 20.8 Å². The second kappa shape index (κ2) is 29.4. The van der Waals surface area contributed by atoms with Gasteiger partial charge in [0.1, 0.15) is 12.2 Å². The van der Waals surface area contributed by atoms with E-state index in [0.29, 0.717) is 0 Å². The van der Waals surface area contributed by atoms with Gasteiger partial charge in [-0.25, -0.2) is 0 Å². The number of carbonyl (C=O) groups excluding carboxylic acids is 3. The zero-order valence-electron chi connectivity index (χ0n) is 151. The number of ketones is 1. The maximum atomic E-state index is 13.2. The van der Waals surface area contributed by atoms with Crippen molar-refractivity contribution in [2.45, 2.75) is 273 Å². The molecule has 8 fully saturated rings. The number of aliphatic hydroxyl groups is 1. The lowest BCUT2D eigenvalue weighted by molar-refractivity contribution is -0.149. The second-order valence-electron chi connectivity index (χ2n) is 28.5. The Bertz CT molecular complexity index is 9210. The van der Waals surface area contributed by atoms with Crippen LogP contribution in [0, 0.1) is 121 Å². The minimum Gasteiger partial charge on any atom is -0.462 e. The minimum absolute atomic E-state index is 0.399. The summed E-state index contributed by atoms with van der Waals surface area (Å²) in [4.78, 5) is 51.6. The highest BCUT2D eigenvalue weighted by Crippen LogP contribution is 2.72. The number of hydrogen-bond acceptors (Lipinski definition) is 10. The van der Waals surface area contributed by atoms with Crippen LogP contribution in [-0.2, 0) is 23.9 Å². The summed E-state index contributed by atoms with van der Waals surface area (Å²) in [5.74, 6) is -35.6. The maximum Gasteiger partial charge on any atom is 0.302 e. The second-order valence-corrected chi connectivity index (χ2v) is 28.5. The average molecular weight is 1590 g/mol. The number of carbonyl (C=O) groups is 3. The number of pyridine rings is 4. The first-order chi connectivity index (χ1) is 90.2. The van der Waals surface area contributed by atoms with E-state index in [2.05, 4.69) is 19.9 Å². The van der Waals surface area contributed by atoms with Gasteiger partial charge in [0.05, 0.1) is 37.6 Å². The van der Waals surface area contributed by atoms with Crippen LogP contribution in [0.25, 0.3) is 22.3 Å². The number of aliphatic hydroxyl groups excluding tert-OH is 1. The number of aromatic nitrogens is 4. The van der Waals surface area contributed by atoms with Crippen molar-refractivity contribution in [3.63, 3.8) is 0 Å². The lowest BCUT2D eigenvalue weighted by Gasteiger charge is -2.58. The molecule has 20 rings (SSSR count). The standard InChI is InChI=1S/C27H35NO2.C26H33NO2.C24H31NO.C24H29NO/c1-17-21(6-5-15-28-17)23-9-10-24-22-8-7-19-16-20(30-18(2)29)11-13-26(19,3)25(22)12-14-27(23,24)4;1-17(28)29-20-10-12-25(2)19(15-20)6-7-21-23-9-8-22(18-5-4-14-27-16-18)26(23,3)13-11-24(21)25;2*1-23-11-9-18(26)14-17(23)5-6-19-21-8-7-20(16-4-3-13-25-15-16)24(21,2)12-10-22(19)23/h5-7,9,15,20,22,24-25H,8,10-14,16H2,1-4H3;4-6,8,14,16,20-21,23-24H,7,9-13,15H2,1-3H3;3-5,7,13,15,18-19,21-22,26H,6,8-12,14H2,1-2H3;3-4,7,13-15,19,21-22H,5-6,8-12H2,1-2H3/t20-,22?,24?,25?,26-,27+;20-,21?,23?,24?,25-,26+;18-,19?,21?,22?,23-,24+;19?,21?,22?,23-,24+/m0000/s1/i3D3,4D3,5D,6D,7D,8D2,9D,10D2,11D2,13D2,14D2,15D,16D2;2D3,3D3,4D,5D,6D,8D,10D2,11D2,12D2,13D2,14D,15D2,16D;1D3,2D3,3D,4D,5D,6D2,7D,8D2,9D2,11D2,12D2,13D,14D2,15D;1D3,2D3,3D,4D,5D2,6D2,7D,8D2,9D2,11D2,12D2,13D,14D,15D. The third-order valence-corrected chi connectivity index (χ3v) is 22.4. The summed E-state index contributed by atoms with van der Waals surface area (Å²) in [6.45, 7) is -28.9. The third-order valence-electron chi connectivity index (χ3n) is 22.4. The highest BCUT2D eigenvalue weighted by molar-refractivity contribution is 5.91. The maximum absolute atomic E-state index is 13.2. The van der Waals surface area contributed by atoms with Crippen LogP contribution in [0.1, 0.15) is 403 Å². The monoisotopic (exact) mass is 1590 g/mol. The van der Waals surface area contributed by atoms with Crippen molar-refractivity contribution in [1.82, 2.24) is 19.9 Å². The Kier molecular flexibility index (Phi) is 6.46. The molecule has 12 unspecified atom stereocenters. The molecule has 16 aliphatic rings. The minimum atomic E-state index is -4.12. The van der Waals surface area contributed by atoms with E-state index < -0.39 is 596 Å². The fourth-order valence-corrected chi connectivity index (χ4v) is 17.0. The molecule has 0 saturated heterocycles. The molecule has 8 saturated carbocycles. The fraction of sp³-hybridized carbons (Fsp3) is 0.614. The molecule has 16 aliphatic carbocycles. The van der Waals surface area contributed by atoms with Crippen molar-refractivity contribution in [2.24, 2.45) is 114 Å². The highest BCUT2D eigenvalue weighted by Gasteiger charge is 2.62. The van der Waals surface area contributed by atoms with Gasteiger partial charge in [-0.1, -0.05) is 144 Å². The number of nitrogens with zero attached hydrogens (tertiary/aromatic N) is 4. The van der Waals surface area contributed by atoms with E-state index in [1.807, 2.05) is 0 Å². The lowest BCUT2D eigenvalue weighted by Crippen LogP contribution is -2.50. The van der Waals surface area contributed by atoms with Crippen LogP contribution in [0.5, 0.6) is 0 Å². The fourth-order valence-electron chi connectivity index (χ4n) is 17.0. The normalized spacial score (nSPS) is 65.9. The van der Waals surface area contributed by atoms with Crippen molar-refractivity contribution >= 4 is 40.0 Å². The van der Waals surface area contributed by atoms with Gasteiger partial charge in [0, 0.05) is 178 Å². The Balaban J connectivity index is 0.000000176. The number of esters is 2. The molecular weight excluding hydrogens is 1370 g/mol. The van der Waals surface area contributed by atoms with Gasteiger partial charge in [0.25, 0.3) is 0 Å². The summed E-state index contributed by atoms with van der Waals surface area (Å²) in [6, 6.07) is -19.2. The van der Waals surface area contributed by atoms with Gasteiger partial charge in [-0.15, -0.1) is 0 Å². The molecular formula is C101H128N4O6. The van der Waals surface area contributed by atoms with Gasteiger partial charge < -0.3 is 14.6 Å². The van der Waals surface area contributed by atoms with Gasteiger partial charge in [-0.3, -0.25) is 34.3 Å². The molecule has 0 radical (unpaired) electrons. The Morgan fingerprint density at radius 3 is 1.46 bits per heavy atom. The van der Waals surface area contributed by atoms with Crippen LogP contribution < -0.4 is 0 Å². The van der Waals surface area contributed by atoms with Crippen LogP contribution in [0.15, 0.2) is 162 Å². The van der Waals surface area contributed by atoms with Crippen molar-refractivity contribution in [1.29, 1.82) is 0 Å². The van der Waals surface area contributed by atoms with Crippen LogP contribution in [0.4, 0.5) is 0 Å². The number of allylic oxidation sites excluding steroid dienone is 13. The molecule has 588 valence electrons. The highest BCUT2D eigenvalue weighted by atomic mass is 16.5. The van der Waals surface area contributed by atoms with E-state index >= 15 is 0 Å². The predicted octanol–water partition coefficient (Wildman–Crippen LogP) is 23.3. The molecule has 1 N–H and O–H groups in total. The largest absolute Gasteiger partial charge is 0.462 e. The van der Waals surface area contributed by atoms with E-state index in [4.69, 9.17) is 112 Å². The summed E-state index contributed by atoms with van der Waals surface area (Å²) < 4.78 is 832. The van der Waals surface area contributed by atoms with E-state index in [1.165, 1.54) is 0 Å². The topological polar surface area (TPSA) is 141 Å². The van der Waals surface area contributed by atoms with Crippen LogP contribution in [0.2, 0.25) is 0 Å².